The van der Waals surface area contributed by atoms with Crippen LogP contribution in [0.1, 0.15) is 5.69 Å². The third-order valence-electron chi connectivity index (χ3n) is 1.22. The van der Waals surface area contributed by atoms with Gasteiger partial charge in [-0.1, -0.05) is 0 Å². The molecule has 58 valence electrons. The summed E-state index contributed by atoms with van der Waals surface area (Å²) < 4.78 is 26.9. The molecule has 0 amide bonds. The second kappa shape index (κ2) is 1.82. The molecule has 1 aromatic rings. The van der Waals surface area contributed by atoms with E-state index >= 15 is 0 Å². The molecule has 1 aliphatic heterocycles. The number of hydrogen-bond donors (Lipinski definition) is 2. The smallest absolute Gasteiger partial charge is 0.342 e. The lowest BCUT2D eigenvalue weighted by atomic mass is 10.5. The van der Waals surface area contributed by atoms with Crippen molar-refractivity contribution in [2.45, 2.75) is 0 Å². The Morgan fingerprint density at radius 2 is 2.27 bits per heavy atom. The SMILES string of the molecule is O=S1(=O)N=Cc2[nH]cnc2N1. The Morgan fingerprint density at radius 1 is 1.45 bits per heavy atom. The molecule has 1 aromatic heterocycles. The van der Waals surface area contributed by atoms with Gasteiger partial charge in [0.25, 0.3) is 0 Å². The number of aromatic nitrogens is 2. The highest BCUT2D eigenvalue weighted by Crippen LogP contribution is 2.13. The van der Waals surface area contributed by atoms with Gasteiger partial charge in [-0.25, -0.2) is 9.71 Å². The number of imidazole rings is 1. The number of nitrogens with one attached hydrogen (secondary N) is 2. The van der Waals surface area contributed by atoms with Crippen molar-refractivity contribution in [3.8, 4) is 0 Å². The number of fused-ring (bicyclic) bond motifs is 1. The van der Waals surface area contributed by atoms with Crippen molar-refractivity contribution in [3.05, 3.63) is 12.0 Å². The summed E-state index contributed by atoms with van der Waals surface area (Å²) in [6, 6.07) is 0. The fourth-order valence-electron chi connectivity index (χ4n) is 0.755. The Hall–Kier alpha value is -1.37. The second-order valence-electron chi connectivity index (χ2n) is 1.98. The van der Waals surface area contributed by atoms with Crippen molar-refractivity contribution in [2.24, 2.45) is 4.40 Å². The number of aromatic amines is 1. The quantitative estimate of drug-likeness (QED) is 0.553. The maximum Gasteiger partial charge on any atom is 0.343 e. The summed E-state index contributed by atoms with van der Waals surface area (Å²) in [6.07, 6.45) is 2.61. The first-order chi connectivity index (χ1) is 5.17. The normalized spacial score (nSPS) is 18.9. The lowest BCUT2D eigenvalue weighted by molar-refractivity contribution is 0.603. The first kappa shape index (κ1) is 6.35. The van der Waals surface area contributed by atoms with Gasteiger partial charge in [0, 0.05) is 0 Å². The summed E-state index contributed by atoms with van der Waals surface area (Å²) in [4.78, 5) is 6.42. The molecule has 0 aromatic carbocycles. The lowest BCUT2D eigenvalue weighted by Gasteiger charge is -2.04. The first-order valence-corrected chi connectivity index (χ1v) is 4.23. The second-order valence-corrected chi connectivity index (χ2v) is 3.34. The predicted octanol–water partition coefficient (Wildman–Crippen LogP) is -0.501. The summed E-state index contributed by atoms with van der Waals surface area (Å²) in [5.74, 6) is 0.292. The van der Waals surface area contributed by atoms with E-state index in [4.69, 9.17) is 0 Å². The van der Waals surface area contributed by atoms with E-state index in [0.29, 0.717) is 11.5 Å². The summed E-state index contributed by atoms with van der Waals surface area (Å²) in [5, 5.41) is 0. The van der Waals surface area contributed by atoms with E-state index in [-0.39, 0.29) is 0 Å². The summed E-state index contributed by atoms with van der Waals surface area (Å²) in [7, 11) is -3.53. The van der Waals surface area contributed by atoms with Crippen LogP contribution >= 0.6 is 0 Å². The fraction of sp³-hybridized carbons (Fsp3) is 0. The zero-order chi connectivity index (χ0) is 7.90. The molecular formula is C4H4N4O2S. The highest BCUT2D eigenvalue weighted by Gasteiger charge is 2.16. The fourth-order valence-corrected chi connectivity index (χ4v) is 1.46. The highest BCUT2D eigenvalue weighted by atomic mass is 32.2. The Labute approximate surface area is 62.6 Å². The maximum atomic E-state index is 10.7. The van der Waals surface area contributed by atoms with Crippen LogP contribution < -0.4 is 4.72 Å². The van der Waals surface area contributed by atoms with Crippen molar-refractivity contribution >= 4 is 22.2 Å². The van der Waals surface area contributed by atoms with Gasteiger partial charge in [-0.05, 0) is 0 Å². The molecule has 11 heavy (non-hydrogen) atoms. The monoisotopic (exact) mass is 172 g/mol. The Morgan fingerprint density at radius 3 is 3.09 bits per heavy atom. The van der Waals surface area contributed by atoms with Crippen molar-refractivity contribution in [1.82, 2.24) is 9.97 Å². The minimum Gasteiger partial charge on any atom is -0.342 e. The summed E-state index contributed by atoms with van der Waals surface area (Å²) >= 11 is 0. The zero-order valence-corrected chi connectivity index (χ0v) is 6.09. The first-order valence-electron chi connectivity index (χ1n) is 2.79. The minimum absolute atomic E-state index is 0.292. The van der Waals surface area contributed by atoms with Gasteiger partial charge < -0.3 is 4.98 Å². The number of rotatable bonds is 0. The van der Waals surface area contributed by atoms with E-state index in [0.717, 1.165) is 0 Å². The lowest BCUT2D eigenvalue weighted by Crippen LogP contribution is -2.15. The van der Waals surface area contributed by atoms with Gasteiger partial charge in [-0.3, -0.25) is 0 Å². The van der Waals surface area contributed by atoms with Crippen LogP contribution in [0, 0.1) is 0 Å². The molecule has 7 heteroatoms. The third-order valence-corrected chi connectivity index (χ3v) is 2.05. The van der Waals surface area contributed by atoms with Crippen molar-refractivity contribution in [2.75, 3.05) is 4.72 Å². The Bertz CT molecular complexity index is 403. The average Bonchev–Trinajstić information content (AvgIpc) is 2.31. The number of anilines is 1. The van der Waals surface area contributed by atoms with Gasteiger partial charge in [0.2, 0.25) is 0 Å². The molecule has 0 saturated heterocycles. The molecule has 2 N–H and O–H groups in total. The van der Waals surface area contributed by atoms with E-state index < -0.39 is 10.2 Å². The molecule has 0 unspecified atom stereocenters. The van der Waals surface area contributed by atoms with E-state index in [9.17, 15) is 8.42 Å². The molecule has 0 fully saturated rings. The topological polar surface area (TPSA) is 87.2 Å². The number of H-pyrrole nitrogens is 1. The van der Waals surface area contributed by atoms with Gasteiger partial charge in [-0.15, -0.1) is 0 Å². The molecule has 6 nitrogen and oxygen atoms in total. The van der Waals surface area contributed by atoms with Gasteiger partial charge >= 0.3 is 10.2 Å². The van der Waals surface area contributed by atoms with Crippen LogP contribution in [0.5, 0.6) is 0 Å². The van der Waals surface area contributed by atoms with Crippen LogP contribution in [0.3, 0.4) is 0 Å². The zero-order valence-electron chi connectivity index (χ0n) is 5.27. The van der Waals surface area contributed by atoms with E-state index in [1.165, 1.54) is 12.5 Å². The Balaban J connectivity index is 2.60. The maximum absolute atomic E-state index is 10.7. The molecule has 1 aliphatic rings. The molecule has 0 atom stereocenters. The molecule has 0 saturated carbocycles. The summed E-state index contributed by atoms with van der Waals surface area (Å²) in [5.41, 5.74) is 0.569. The van der Waals surface area contributed by atoms with Gasteiger partial charge in [0.05, 0.1) is 12.5 Å². The van der Waals surface area contributed by atoms with Gasteiger partial charge in [0.15, 0.2) is 5.82 Å². The minimum atomic E-state index is -3.53. The van der Waals surface area contributed by atoms with Crippen molar-refractivity contribution < 1.29 is 8.42 Å². The molecular weight excluding hydrogens is 168 g/mol. The third kappa shape index (κ3) is 0.984. The van der Waals surface area contributed by atoms with Crippen LogP contribution in [0.25, 0.3) is 0 Å². The van der Waals surface area contributed by atoms with Crippen LogP contribution in [0.2, 0.25) is 0 Å². The van der Waals surface area contributed by atoms with Crippen LogP contribution in [0.15, 0.2) is 10.7 Å². The molecule has 0 radical (unpaired) electrons. The average molecular weight is 172 g/mol. The molecule has 0 spiro atoms. The van der Waals surface area contributed by atoms with Crippen LogP contribution in [-0.2, 0) is 10.2 Å². The van der Waals surface area contributed by atoms with Crippen molar-refractivity contribution in [3.63, 3.8) is 0 Å². The standard InChI is InChI=1S/C4H4N4O2S/c9-11(10)7-1-3-4(8-11)6-2-5-3/h1-2,8H,(H,5,6). The van der Waals surface area contributed by atoms with Crippen LogP contribution in [0.4, 0.5) is 5.82 Å². The van der Waals surface area contributed by atoms with Crippen molar-refractivity contribution in [1.29, 1.82) is 0 Å². The molecule has 0 aliphatic carbocycles. The van der Waals surface area contributed by atoms with Gasteiger partial charge in [-0.2, -0.15) is 12.8 Å². The van der Waals surface area contributed by atoms with E-state index in [2.05, 4.69) is 19.1 Å². The Kier molecular flexibility index (Phi) is 1.05. The molecule has 0 bridgehead atoms. The molecule has 2 rings (SSSR count). The molecule has 2 heterocycles. The van der Waals surface area contributed by atoms with Crippen LogP contribution in [-0.4, -0.2) is 24.6 Å². The number of hydrogen-bond acceptors (Lipinski definition) is 3. The predicted molar refractivity (Wildman–Crippen MR) is 38.7 cm³/mol. The van der Waals surface area contributed by atoms with E-state index in [1.54, 1.807) is 0 Å². The largest absolute Gasteiger partial charge is 0.343 e. The number of nitrogens with zero attached hydrogens (tertiary/aromatic N) is 2. The van der Waals surface area contributed by atoms with E-state index in [1.807, 2.05) is 0 Å². The summed E-state index contributed by atoms with van der Waals surface area (Å²) in [6.45, 7) is 0. The highest BCUT2D eigenvalue weighted by molar-refractivity contribution is 7.91. The van der Waals surface area contributed by atoms with Gasteiger partial charge in [0.1, 0.15) is 5.69 Å².